The van der Waals surface area contributed by atoms with E-state index in [-0.39, 0.29) is 54.6 Å². The van der Waals surface area contributed by atoms with Crippen molar-refractivity contribution >= 4 is 56.8 Å². The second kappa shape index (κ2) is 38.4. The molecule has 3 aromatic carbocycles. The van der Waals surface area contributed by atoms with Crippen LogP contribution in [0.5, 0.6) is 23.0 Å². The number of hydrazone groups is 1. The van der Waals surface area contributed by atoms with Gasteiger partial charge in [-0.1, -0.05) is 63.6 Å². The Morgan fingerprint density at radius 1 is 0.654 bits per heavy atom. The van der Waals surface area contributed by atoms with E-state index in [2.05, 4.69) is 50.2 Å². The van der Waals surface area contributed by atoms with Gasteiger partial charge >= 0.3 is 23.9 Å². The van der Waals surface area contributed by atoms with Crippen LogP contribution in [0.25, 0.3) is 10.2 Å². The lowest BCUT2D eigenvalue weighted by molar-refractivity contribution is -0.145. The highest BCUT2D eigenvalue weighted by Gasteiger charge is 2.27. The van der Waals surface area contributed by atoms with E-state index in [0.29, 0.717) is 66.1 Å². The Morgan fingerprint density at radius 2 is 1.19 bits per heavy atom. The van der Waals surface area contributed by atoms with Crippen molar-refractivity contribution in [1.29, 1.82) is 0 Å². The van der Waals surface area contributed by atoms with E-state index in [9.17, 15) is 29.4 Å². The SMILES string of the molecule is C=CC(=O)OCCCCCCOC(=C)/C=C\C(=C)OC(=O)C1CCC(C)CC1.C=CC(=O)OCCCCCCOc1ccc(OC(=O)C2CCC(C)CC2)cc1.OCCN(/N=C/c1cc(OCO)ccc1O)c1nc2ccccc2s1. The van der Waals surface area contributed by atoms with Crippen molar-refractivity contribution in [3.63, 3.8) is 0 Å². The van der Waals surface area contributed by atoms with Gasteiger partial charge in [0.15, 0.2) is 6.79 Å². The third kappa shape index (κ3) is 26.7. The summed E-state index contributed by atoms with van der Waals surface area (Å²) >= 11 is 1.47. The van der Waals surface area contributed by atoms with Crippen LogP contribution in [0.4, 0.5) is 5.13 Å². The van der Waals surface area contributed by atoms with Crippen molar-refractivity contribution in [1.82, 2.24) is 4.98 Å². The first-order valence-electron chi connectivity index (χ1n) is 28.0. The average molecular weight is 1140 g/mol. The van der Waals surface area contributed by atoms with Crippen LogP contribution in [0.2, 0.25) is 0 Å². The van der Waals surface area contributed by atoms with Crippen LogP contribution < -0.4 is 19.2 Å². The number of aliphatic hydroxyl groups excluding tert-OH is 2. The number of hydrogen-bond acceptors (Lipinski definition) is 18. The highest BCUT2D eigenvalue weighted by molar-refractivity contribution is 7.22. The Morgan fingerprint density at radius 3 is 1.75 bits per heavy atom. The number of ether oxygens (including phenoxy) is 7. The largest absolute Gasteiger partial charge is 0.507 e. The number of para-hydroxylation sites is 1. The molecule has 0 bridgehead atoms. The quantitative estimate of drug-likeness (QED) is 0.00407. The van der Waals surface area contributed by atoms with Crippen LogP contribution in [0.15, 0.2) is 134 Å². The number of aromatic hydroxyl groups is 1. The number of carbonyl (C=O) groups is 4. The van der Waals surface area contributed by atoms with E-state index < -0.39 is 6.79 Å². The van der Waals surface area contributed by atoms with Gasteiger partial charge in [0.2, 0.25) is 5.13 Å². The minimum Gasteiger partial charge on any atom is -0.507 e. The van der Waals surface area contributed by atoms with Crippen LogP contribution in [0, 0.1) is 23.7 Å². The zero-order valence-electron chi connectivity index (χ0n) is 47.2. The number of unbranched alkanes of at least 4 members (excludes halogenated alkanes) is 6. The molecular formula is C63H83N3O14S. The summed E-state index contributed by atoms with van der Waals surface area (Å²) in [5.41, 5.74) is 1.29. The van der Waals surface area contributed by atoms with E-state index >= 15 is 0 Å². The summed E-state index contributed by atoms with van der Waals surface area (Å²) in [6.45, 7) is 20.5. The number of phenolic OH excluding ortho intramolecular Hbond substituents is 1. The summed E-state index contributed by atoms with van der Waals surface area (Å²) in [6.07, 6.45) is 22.5. The Labute approximate surface area is 481 Å². The van der Waals surface area contributed by atoms with Gasteiger partial charge in [-0.3, -0.25) is 9.59 Å². The molecule has 440 valence electrons. The van der Waals surface area contributed by atoms with Crippen molar-refractivity contribution in [2.24, 2.45) is 28.8 Å². The summed E-state index contributed by atoms with van der Waals surface area (Å²) < 4.78 is 37.9. The van der Waals surface area contributed by atoms with Gasteiger partial charge in [0.1, 0.15) is 34.5 Å². The Hall–Kier alpha value is -7.28. The zero-order valence-corrected chi connectivity index (χ0v) is 48.0. The maximum absolute atomic E-state index is 12.2. The van der Waals surface area contributed by atoms with Crippen LogP contribution in [0.3, 0.4) is 0 Å². The monoisotopic (exact) mass is 1140 g/mol. The summed E-state index contributed by atoms with van der Waals surface area (Å²) in [5.74, 6) is 2.98. The van der Waals surface area contributed by atoms with E-state index in [1.165, 1.54) is 35.8 Å². The number of thiazole rings is 1. The minimum atomic E-state index is -0.455. The van der Waals surface area contributed by atoms with E-state index in [4.69, 9.17) is 38.3 Å². The summed E-state index contributed by atoms with van der Waals surface area (Å²) in [4.78, 5) is 50.7. The van der Waals surface area contributed by atoms with Crippen LogP contribution in [0.1, 0.15) is 122 Å². The zero-order chi connectivity index (χ0) is 58.6. The second-order valence-corrected chi connectivity index (χ2v) is 20.8. The van der Waals surface area contributed by atoms with Gasteiger partial charge in [0, 0.05) is 17.7 Å². The Balaban J connectivity index is 0.000000262. The molecule has 2 saturated carbocycles. The smallest absolute Gasteiger partial charge is 0.330 e. The Bertz CT molecular complexity index is 2600. The lowest BCUT2D eigenvalue weighted by atomic mass is 9.83. The molecule has 17 nitrogen and oxygen atoms in total. The number of phenols is 1. The van der Waals surface area contributed by atoms with Gasteiger partial charge < -0.3 is 48.5 Å². The fourth-order valence-electron chi connectivity index (χ4n) is 8.45. The lowest BCUT2D eigenvalue weighted by Gasteiger charge is -2.24. The van der Waals surface area contributed by atoms with Gasteiger partial charge in [0.05, 0.1) is 67.8 Å². The van der Waals surface area contributed by atoms with Gasteiger partial charge in [0.25, 0.3) is 0 Å². The van der Waals surface area contributed by atoms with Crippen molar-refractivity contribution in [3.8, 4) is 23.0 Å². The van der Waals surface area contributed by atoms with Crippen molar-refractivity contribution in [2.75, 3.05) is 51.4 Å². The number of hydrogen-bond donors (Lipinski definition) is 3. The third-order valence-corrected chi connectivity index (χ3v) is 14.3. The molecule has 3 N–H and O–H groups in total. The lowest BCUT2D eigenvalue weighted by Crippen LogP contribution is -2.24. The fraction of sp³-hybridized carbons (Fsp3) is 0.460. The topological polar surface area (TPSA) is 222 Å². The first-order chi connectivity index (χ1) is 39.2. The number of rotatable bonds is 31. The summed E-state index contributed by atoms with van der Waals surface area (Å²) in [5, 5.41) is 34.6. The normalized spacial score (nSPS) is 16.6. The number of nitrogens with zero attached hydrogens (tertiary/aromatic N) is 3. The average Bonchev–Trinajstić information content (AvgIpc) is 3.95. The highest BCUT2D eigenvalue weighted by Crippen LogP contribution is 2.32. The standard InChI is InChI=1S/C23H32O5.C23H34O5.C17H17N3O4S/c1-3-22(24)27-17-7-5-4-6-16-26-20-12-14-21(15-13-20)28-23(25)19-10-8-18(2)9-11-19;1-5-22(24)27-17-9-7-6-8-16-26-19(3)12-13-20(4)28-23(25)21-14-10-18(2)11-15-21;21-8-7-20(17-19-14-3-1-2-4-16(14)25-17)18-10-12-9-13(24-11-22)5-6-15(12)23/h3,12-15,18-19H,1,4-11,16-17H2,2H3;5,12-13,18,21H,1,3-4,6-11,14-17H2,2H3;1-6,9-10,21-23H,7-8,11H2/b;13-12-;18-10+. The maximum Gasteiger partial charge on any atom is 0.330 e. The van der Waals surface area contributed by atoms with Crippen LogP contribution >= 0.6 is 11.3 Å². The van der Waals surface area contributed by atoms with Gasteiger partial charge in [-0.25, -0.2) is 19.6 Å². The van der Waals surface area contributed by atoms with Gasteiger partial charge in [-0.05, 0) is 181 Å². The molecule has 6 rings (SSSR count). The number of anilines is 1. The fourth-order valence-corrected chi connectivity index (χ4v) is 9.40. The predicted molar refractivity (Wildman–Crippen MR) is 316 cm³/mol. The molecule has 2 fully saturated rings. The number of aromatic nitrogens is 1. The summed E-state index contributed by atoms with van der Waals surface area (Å²) in [7, 11) is 0. The first-order valence-corrected chi connectivity index (χ1v) is 28.8. The van der Waals surface area contributed by atoms with E-state index in [1.807, 2.05) is 36.4 Å². The molecule has 0 atom stereocenters. The second-order valence-electron chi connectivity index (χ2n) is 19.8. The van der Waals surface area contributed by atoms with E-state index in [0.717, 1.165) is 125 Å². The molecule has 0 amide bonds. The molecule has 81 heavy (non-hydrogen) atoms. The molecule has 18 heteroatoms. The maximum atomic E-state index is 12.2. The van der Waals surface area contributed by atoms with Crippen molar-refractivity contribution in [3.05, 3.63) is 134 Å². The number of fused-ring (bicyclic) bond motifs is 1. The molecule has 0 unspecified atom stereocenters. The van der Waals surface area contributed by atoms with Crippen molar-refractivity contribution in [2.45, 2.75) is 117 Å². The molecule has 4 aromatic rings. The first kappa shape index (κ1) is 66.2. The Kier molecular flexibility index (Phi) is 31.4. The van der Waals surface area contributed by atoms with Gasteiger partial charge in [-0.15, -0.1) is 0 Å². The molecule has 0 saturated heterocycles. The van der Waals surface area contributed by atoms with Gasteiger partial charge in [-0.2, -0.15) is 5.10 Å². The number of allylic oxidation sites excluding steroid dienone is 2. The molecule has 1 heterocycles. The number of carbonyl (C=O) groups excluding carboxylic acids is 4. The number of esters is 4. The highest BCUT2D eigenvalue weighted by atomic mass is 32.1. The third-order valence-electron chi connectivity index (χ3n) is 13.3. The minimum absolute atomic E-state index is 0.0129. The number of aliphatic hydroxyl groups is 2. The number of benzene rings is 3. The van der Waals surface area contributed by atoms with Crippen LogP contribution in [-0.2, 0) is 38.1 Å². The molecule has 1 aromatic heterocycles. The predicted octanol–water partition coefficient (Wildman–Crippen LogP) is 12.5. The molecule has 2 aliphatic rings. The molecule has 0 spiro atoms. The van der Waals surface area contributed by atoms with E-state index in [1.54, 1.807) is 41.4 Å². The molecular weight excluding hydrogens is 1050 g/mol. The molecule has 0 radical (unpaired) electrons. The molecule has 0 aliphatic heterocycles. The van der Waals surface area contributed by atoms with Crippen LogP contribution in [-0.4, -0.2) is 96.8 Å². The van der Waals surface area contributed by atoms with Crippen molar-refractivity contribution < 1.29 is 67.7 Å². The summed E-state index contributed by atoms with van der Waals surface area (Å²) in [6, 6.07) is 19.5. The molecule has 2 aliphatic carbocycles.